The molecule has 4 rings (SSSR count). The first kappa shape index (κ1) is 16.8. The van der Waals surface area contributed by atoms with Gasteiger partial charge in [-0.2, -0.15) is 0 Å². The van der Waals surface area contributed by atoms with E-state index in [1.165, 1.54) is 23.9 Å². The molecule has 5 nitrogen and oxygen atoms in total. The largest absolute Gasteiger partial charge is 0.472 e. The minimum Gasteiger partial charge on any atom is -0.472 e. The molecule has 26 heavy (non-hydrogen) atoms. The molecule has 2 amide bonds. The maximum atomic E-state index is 12.4. The molecule has 3 heterocycles. The molecule has 3 aromatic rings. The van der Waals surface area contributed by atoms with Crippen molar-refractivity contribution in [2.75, 3.05) is 19.6 Å². The Morgan fingerprint density at radius 1 is 1.19 bits per heavy atom. The van der Waals surface area contributed by atoms with Crippen LogP contribution in [0.15, 0.2) is 53.3 Å². The van der Waals surface area contributed by atoms with E-state index in [2.05, 4.69) is 5.32 Å². The molecule has 0 saturated carbocycles. The van der Waals surface area contributed by atoms with Crippen LogP contribution in [0.1, 0.15) is 32.9 Å². The fourth-order valence-electron chi connectivity index (χ4n) is 3.33. The number of carbonyl (C=O) groups excluding carboxylic acids is 2. The Morgan fingerprint density at radius 3 is 2.73 bits per heavy atom. The third-order valence-electron chi connectivity index (χ3n) is 4.87. The second-order valence-corrected chi connectivity index (χ2v) is 7.69. The Morgan fingerprint density at radius 2 is 2.00 bits per heavy atom. The van der Waals surface area contributed by atoms with E-state index in [-0.39, 0.29) is 11.8 Å². The first-order valence-electron chi connectivity index (χ1n) is 8.79. The zero-order valence-electron chi connectivity index (χ0n) is 14.3. The normalized spacial score (nSPS) is 15.3. The van der Waals surface area contributed by atoms with Crippen molar-refractivity contribution in [1.29, 1.82) is 0 Å². The summed E-state index contributed by atoms with van der Waals surface area (Å²) in [6.45, 7) is 2.09. The van der Waals surface area contributed by atoms with E-state index in [9.17, 15) is 9.59 Å². The molecule has 0 unspecified atom stereocenters. The molecule has 6 heteroatoms. The molecule has 1 fully saturated rings. The molecule has 0 atom stereocenters. The van der Waals surface area contributed by atoms with Crippen LogP contribution in [0.25, 0.3) is 10.1 Å². The highest BCUT2D eigenvalue weighted by molar-refractivity contribution is 7.20. The number of hydrogen-bond donors (Lipinski definition) is 1. The minimum atomic E-state index is -0.0110. The Labute approximate surface area is 155 Å². The van der Waals surface area contributed by atoms with Crippen molar-refractivity contribution >= 4 is 33.2 Å². The topological polar surface area (TPSA) is 62.6 Å². The average Bonchev–Trinajstić information content (AvgIpc) is 3.35. The summed E-state index contributed by atoms with van der Waals surface area (Å²) >= 11 is 1.52. The standard InChI is InChI=1S/C20H20N2O3S/c23-19(18-11-15-3-1-2-4-17(15)26-18)21-12-14-5-8-22(9-6-14)20(24)16-7-10-25-13-16/h1-4,7,10-11,13-14H,5-6,8-9,12H2,(H,21,23). The number of fused-ring (bicyclic) bond motifs is 1. The number of hydrogen-bond acceptors (Lipinski definition) is 4. The fraction of sp³-hybridized carbons (Fsp3) is 0.300. The van der Waals surface area contributed by atoms with Crippen molar-refractivity contribution in [3.8, 4) is 0 Å². The summed E-state index contributed by atoms with van der Waals surface area (Å²) < 4.78 is 6.11. The predicted molar refractivity (Wildman–Crippen MR) is 101 cm³/mol. The highest BCUT2D eigenvalue weighted by atomic mass is 32.1. The van der Waals surface area contributed by atoms with Gasteiger partial charge in [0.15, 0.2) is 0 Å². The first-order chi connectivity index (χ1) is 12.7. The Balaban J connectivity index is 1.28. The van der Waals surface area contributed by atoms with Gasteiger partial charge in [-0.1, -0.05) is 18.2 Å². The van der Waals surface area contributed by atoms with Crippen LogP contribution in [0, 0.1) is 5.92 Å². The number of piperidine rings is 1. The van der Waals surface area contributed by atoms with Gasteiger partial charge in [-0.25, -0.2) is 0 Å². The number of benzene rings is 1. The van der Waals surface area contributed by atoms with Crippen molar-refractivity contribution in [2.24, 2.45) is 5.92 Å². The van der Waals surface area contributed by atoms with Crippen LogP contribution in [-0.2, 0) is 0 Å². The minimum absolute atomic E-state index is 0.0110. The van der Waals surface area contributed by atoms with Gasteiger partial charge in [0.1, 0.15) is 6.26 Å². The summed E-state index contributed by atoms with van der Waals surface area (Å²) in [5.74, 6) is 0.413. The van der Waals surface area contributed by atoms with Crippen molar-refractivity contribution in [1.82, 2.24) is 10.2 Å². The van der Waals surface area contributed by atoms with E-state index < -0.39 is 0 Å². The molecule has 0 radical (unpaired) electrons. The van der Waals surface area contributed by atoms with Crippen molar-refractivity contribution in [3.63, 3.8) is 0 Å². The van der Waals surface area contributed by atoms with Crippen LogP contribution in [0.5, 0.6) is 0 Å². The van der Waals surface area contributed by atoms with Gasteiger partial charge in [0.2, 0.25) is 0 Å². The molecule has 0 bridgehead atoms. The molecular weight excluding hydrogens is 348 g/mol. The molecule has 0 spiro atoms. The second-order valence-electron chi connectivity index (χ2n) is 6.61. The summed E-state index contributed by atoms with van der Waals surface area (Å²) in [6.07, 6.45) is 4.80. The predicted octanol–water partition coefficient (Wildman–Crippen LogP) is 3.78. The maximum Gasteiger partial charge on any atom is 0.261 e. The van der Waals surface area contributed by atoms with Crippen molar-refractivity contribution < 1.29 is 14.0 Å². The molecule has 1 aliphatic heterocycles. The van der Waals surface area contributed by atoms with Gasteiger partial charge in [-0.15, -0.1) is 11.3 Å². The van der Waals surface area contributed by atoms with E-state index in [1.54, 1.807) is 6.07 Å². The maximum absolute atomic E-state index is 12.4. The third kappa shape index (κ3) is 3.51. The van der Waals surface area contributed by atoms with Crippen molar-refractivity contribution in [3.05, 3.63) is 59.4 Å². The van der Waals surface area contributed by atoms with Crippen molar-refractivity contribution in [2.45, 2.75) is 12.8 Å². The Hall–Kier alpha value is -2.60. The zero-order valence-corrected chi connectivity index (χ0v) is 15.1. The van der Waals surface area contributed by atoms with Gasteiger partial charge >= 0.3 is 0 Å². The lowest BCUT2D eigenvalue weighted by Gasteiger charge is -2.31. The number of carbonyl (C=O) groups is 2. The van der Waals surface area contributed by atoms with Crippen LogP contribution in [0.3, 0.4) is 0 Å². The number of rotatable bonds is 4. The number of likely N-dealkylation sites (tertiary alicyclic amines) is 1. The van der Waals surface area contributed by atoms with E-state index in [4.69, 9.17) is 4.42 Å². The van der Waals surface area contributed by atoms with Gasteiger partial charge in [0.05, 0.1) is 16.7 Å². The van der Waals surface area contributed by atoms with Crippen LogP contribution >= 0.6 is 11.3 Å². The quantitative estimate of drug-likeness (QED) is 0.762. The van der Waals surface area contributed by atoms with E-state index in [0.29, 0.717) is 31.1 Å². The molecular formula is C20H20N2O3S. The van der Waals surface area contributed by atoms with Gasteiger partial charge in [-0.3, -0.25) is 9.59 Å². The fourth-order valence-corrected chi connectivity index (χ4v) is 4.31. The molecule has 1 saturated heterocycles. The molecule has 2 aromatic heterocycles. The third-order valence-corrected chi connectivity index (χ3v) is 5.99. The summed E-state index contributed by atoms with van der Waals surface area (Å²) in [6, 6.07) is 11.7. The van der Waals surface area contributed by atoms with E-state index in [1.807, 2.05) is 35.2 Å². The first-order valence-corrected chi connectivity index (χ1v) is 9.60. The monoisotopic (exact) mass is 368 g/mol. The molecule has 1 N–H and O–H groups in total. The number of furan rings is 1. The summed E-state index contributed by atoms with van der Waals surface area (Å²) in [7, 11) is 0. The van der Waals surface area contributed by atoms with E-state index in [0.717, 1.165) is 27.8 Å². The molecule has 0 aliphatic carbocycles. The SMILES string of the molecule is O=C(NCC1CCN(C(=O)c2ccoc2)CC1)c1cc2ccccc2s1. The van der Waals surface area contributed by atoms with Gasteiger partial charge < -0.3 is 14.6 Å². The Bertz CT molecular complexity index is 875. The summed E-state index contributed by atoms with van der Waals surface area (Å²) in [4.78, 5) is 27.3. The number of thiophene rings is 1. The molecule has 134 valence electrons. The number of nitrogens with one attached hydrogen (secondary N) is 1. The molecule has 1 aromatic carbocycles. The average molecular weight is 368 g/mol. The summed E-state index contributed by atoms with van der Waals surface area (Å²) in [5, 5.41) is 4.16. The Kier molecular flexibility index (Phi) is 4.75. The van der Waals surface area contributed by atoms with Crippen LogP contribution in [0.4, 0.5) is 0 Å². The van der Waals surface area contributed by atoms with Gasteiger partial charge in [-0.05, 0) is 42.3 Å². The van der Waals surface area contributed by atoms with Gasteiger partial charge in [0, 0.05) is 24.3 Å². The van der Waals surface area contributed by atoms with Crippen LogP contribution in [-0.4, -0.2) is 36.3 Å². The lowest BCUT2D eigenvalue weighted by Crippen LogP contribution is -2.41. The zero-order chi connectivity index (χ0) is 17.9. The lowest BCUT2D eigenvalue weighted by atomic mass is 9.96. The highest BCUT2D eigenvalue weighted by Crippen LogP contribution is 2.25. The number of nitrogens with zero attached hydrogens (tertiary/aromatic N) is 1. The lowest BCUT2D eigenvalue weighted by molar-refractivity contribution is 0.0683. The second kappa shape index (κ2) is 7.33. The van der Waals surface area contributed by atoms with E-state index >= 15 is 0 Å². The molecule has 1 aliphatic rings. The van der Waals surface area contributed by atoms with Gasteiger partial charge in [0.25, 0.3) is 11.8 Å². The smallest absolute Gasteiger partial charge is 0.261 e. The van der Waals surface area contributed by atoms with Crippen LogP contribution < -0.4 is 5.32 Å². The van der Waals surface area contributed by atoms with Crippen LogP contribution in [0.2, 0.25) is 0 Å². The highest BCUT2D eigenvalue weighted by Gasteiger charge is 2.24. The summed E-state index contributed by atoms with van der Waals surface area (Å²) in [5.41, 5.74) is 0.599. The number of amides is 2.